The largest absolute Gasteiger partial charge is 0.504 e. The van der Waals surface area contributed by atoms with Crippen molar-refractivity contribution in [2.45, 2.75) is 72.1 Å². The molecule has 0 aliphatic heterocycles. The fourth-order valence-electron chi connectivity index (χ4n) is 2.59. The molecule has 0 heterocycles. The third-order valence-corrected chi connectivity index (χ3v) is 3.62. The molecule has 2 N–H and O–H groups in total. The summed E-state index contributed by atoms with van der Waals surface area (Å²) in [6.45, 7) is 6.42. The van der Waals surface area contributed by atoms with E-state index in [1.807, 2.05) is 0 Å². The fourth-order valence-corrected chi connectivity index (χ4v) is 2.59. The Morgan fingerprint density at radius 3 is 2.00 bits per heavy atom. The quantitative estimate of drug-likeness (QED) is 0.526. The number of aryl methyl sites for hydroxylation is 2. The summed E-state index contributed by atoms with van der Waals surface area (Å²) < 4.78 is 0. The molecule has 19 heavy (non-hydrogen) atoms. The lowest BCUT2D eigenvalue weighted by Gasteiger charge is -2.15. The van der Waals surface area contributed by atoms with Crippen LogP contribution >= 0.6 is 0 Å². The van der Waals surface area contributed by atoms with Crippen molar-refractivity contribution >= 4 is 0 Å². The Morgan fingerprint density at radius 2 is 1.42 bits per heavy atom. The molecule has 0 bridgehead atoms. The molecule has 0 radical (unpaired) electrons. The number of hydrogen-bond acceptors (Lipinski definition) is 2. The minimum absolute atomic E-state index is 0.111. The van der Waals surface area contributed by atoms with Gasteiger partial charge in [-0.05, 0) is 36.8 Å². The maximum absolute atomic E-state index is 10.2. The highest BCUT2D eigenvalue weighted by Gasteiger charge is 2.15. The van der Waals surface area contributed by atoms with E-state index in [1.165, 1.54) is 18.4 Å². The molecule has 0 saturated carbocycles. The van der Waals surface area contributed by atoms with Crippen molar-refractivity contribution in [3.8, 4) is 11.5 Å². The summed E-state index contributed by atoms with van der Waals surface area (Å²) in [5.74, 6) is 0.235. The highest BCUT2D eigenvalue weighted by atomic mass is 16.3. The third-order valence-electron chi connectivity index (χ3n) is 3.62. The summed E-state index contributed by atoms with van der Waals surface area (Å²) in [6.07, 6.45) is 8.13. The summed E-state index contributed by atoms with van der Waals surface area (Å²) in [5.41, 5.74) is 3.07. The molecule has 0 aromatic heterocycles. The Labute approximate surface area is 117 Å². The van der Waals surface area contributed by atoms with E-state index < -0.39 is 0 Å². The molecule has 1 aromatic carbocycles. The Kier molecular flexibility index (Phi) is 6.75. The lowest BCUT2D eigenvalue weighted by atomic mass is 9.93. The van der Waals surface area contributed by atoms with E-state index in [0.29, 0.717) is 0 Å². The van der Waals surface area contributed by atoms with Crippen LogP contribution in [-0.4, -0.2) is 10.2 Å². The van der Waals surface area contributed by atoms with Crippen LogP contribution in [0.25, 0.3) is 0 Å². The second kappa shape index (κ2) is 8.08. The molecule has 0 fully saturated rings. The molecule has 108 valence electrons. The normalized spacial score (nSPS) is 10.9. The lowest BCUT2D eigenvalue weighted by Crippen LogP contribution is -1.99. The molecular weight excluding hydrogens is 236 g/mol. The second-order valence-corrected chi connectivity index (χ2v) is 5.33. The molecule has 0 spiro atoms. The van der Waals surface area contributed by atoms with Gasteiger partial charge in [0.25, 0.3) is 0 Å². The van der Waals surface area contributed by atoms with Crippen molar-refractivity contribution in [2.75, 3.05) is 0 Å². The highest BCUT2D eigenvalue weighted by molar-refractivity contribution is 5.54. The van der Waals surface area contributed by atoms with Crippen LogP contribution in [0.1, 0.15) is 69.6 Å². The molecule has 0 unspecified atom stereocenters. The SMILES string of the molecule is CCCCCc1cc(CCC)c(CCC)c(O)c1O. The number of phenolic OH excluding ortho intramolecular Hbond substituents is 2. The van der Waals surface area contributed by atoms with Gasteiger partial charge >= 0.3 is 0 Å². The van der Waals surface area contributed by atoms with Crippen LogP contribution in [0, 0.1) is 0 Å². The van der Waals surface area contributed by atoms with Crippen LogP contribution in [0.4, 0.5) is 0 Å². The zero-order valence-corrected chi connectivity index (χ0v) is 12.6. The van der Waals surface area contributed by atoms with E-state index in [2.05, 4.69) is 26.8 Å². The first kappa shape index (κ1) is 15.9. The van der Waals surface area contributed by atoms with Gasteiger partial charge in [0.2, 0.25) is 0 Å². The van der Waals surface area contributed by atoms with E-state index in [4.69, 9.17) is 0 Å². The van der Waals surface area contributed by atoms with Crippen LogP contribution in [0.15, 0.2) is 6.07 Å². The minimum Gasteiger partial charge on any atom is -0.504 e. The minimum atomic E-state index is 0.111. The van der Waals surface area contributed by atoms with Gasteiger partial charge < -0.3 is 10.2 Å². The first-order valence-electron chi connectivity index (χ1n) is 7.71. The predicted octanol–water partition coefficient (Wildman–Crippen LogP) is 4.74. The average Bonchev–Trinajstić information content (AvgIpc) is 2.40. The summed E-state index contributed by atoms with van der Waals surface area (Å²) in [6, 6.07) is 2.11. The molecule has 0 aliphatic carbocycles. The summed E-state index contributed by atoms with van der Waals surface area (Å²) >= 11 is 0. The Balaban J connectivity index is 3.05. The molecule has 2 nitrogen and oxygen atoms in total. The van der Waals surface area contributed by atoms with Gasteiger partial charge in [-0.2, -0.15) is 0 Å². The van der Waals surface area contributed by atoms with E-state index in [0.717, 1.165) is 49.7 Å². The summed E-state index contributed by atoms with van der Waals surface area (Å²) in [4.78, 5) is 0. The van der Waals surface area contributed by atoms with E-state index in [9.17, 15) is 10.2 Å². The fraction of sp³-hybridized carbons (Fsp3) is 0.647. The smallest absolute Gasteiger partial charge is 0.161 e. The Hall–Kier alpha value is -1.18. The van der Waals surface area contributed by atoms with Crippen LogP contribution in [0.2, 0.25) is 0 Å². The molecule has 2 heteroatoms. The Bertz CT molecular complexity index is 397. The maximum atomic E-state index is 10.2. The van der Waals surface area contributed by atoms with E-state index in [1.54, 1.807) is 0 Å². The topological polar surface area (TPSA) is 40.5 Å². The van der Waals surface area contributed by atoms with E-state index in [-0.39, 0.29) is 11.5 Å². The van der Waals surface area contributed by atoms with Gasteiger partial charge in [-0.1, -0.05) is 52.5 Å². The number of unbranched alkanes of at least 4 members (excludes halogenated alkanes) is 2. The number of aromatic hydroxyl groups is 2. The van der Waals surface area contributed by atoms with Crippen molar-refractivity contribution in [1.29, 1.82) is 0 Å². The van der Waals surface area contributed by atoms with Gasteiger partial charge in [-0.3, -0.25) is 0 Å². The molecule has 0 aliphatic rings. The van der Waals surface area contributed by atoms with Crippen LogP contribution in [-0.2, 0) is 19.3 Å². The lowest BCUT2D eigenvalue weighted by molar-refractivity contribution is 0.393. The van der Waals surface area contributed by atoms with Gasteiger partial charge in [0.15, 0.2) is 11.5 Å². The standard InChI is InChI=1S/C17H28O2/c1-4-7-8-11-14-12-13(9-5-2)15(10-6-3)17(19)16(14)18/h12,18-19H,4-11H2,1-3H3. The summed E-state index contributed by atoms with van der Waals surface area (Å²) in [7, 11) is 0. The molecule has 1 aromatic rings. The number of hydrogen-bond donors (Lipinski definition) is 2. The van der Waals surface area contributed by atoms with Gasteiger partial charge in [-0.15, -0.1) is 0 Å². The van der Waals surface area contributed by atoms with Gasteiger partial charge in [0.05, 0.1) is 0 Å². The maximum Gasteiger partial charge on any atom is 0.161 e. The van der Waals surface area contributed by atoms with Crippen LogP contribution in [0.3, 0.4) is 0 Å². The van der Waals surface area contributed by atoms with Gasteiger partial charge in [-0.25, -0.2) is 0 Å². The molecule has 0 amide bonds. The third kappa shape index (κ3) is 4.15. The second-order valence-electron chi connectivity index (χ2n) is 5.33. The molecular formula is C17H28O2. The Morgan fingerprint density at radius 1 is 0.737 bits per heavy atom. The zero-order valence-electron chi connectivity index (χ0n) is 12.6. The molecule has 0 saturated heterocycles. The average molecular weight is 264 g/mol. The monoisotopic (exact) mass is 264 g/mol. The first-order valence-corrected chi connectivity index (χ1v) is 7.71. The van der Waals surface area contributed by atoms with Crippen molar-refractivity contribution in [3.63, 3.8) is 0 Å². The number of phenols is 2. The molecule has 1 rings (SSSR count). The van der Waals surface area contributed by atoms with Crippen LogP contribution in [0.5, 0.6) is 11.5 Å². The summed E-state index contributed by atoms with van der Waals surface area (Å²) in [5, 5.41) is 20.4. The van der Waals surface area contributed by atoms with Crippen molar-refractivity contribution in [3.05, 3.63) is 22.8 Å². The number of rotatable bonds is 8. The van der Waals surface area contributed by atoms with Crippen molar-refractivity contribution < 1.29 is 10.2 Å². The first-order chi connectivity index (χ1) is 9.15. The molecule has 0 atom stereocenters. The van der Waals surface area contributed by atoms with Crippen molar-refractivity contribution in [2.24, 2.45) is 0 Å². The van der Waals surface area contributed by atoms with Crippen LogP contribution < -0.4 is 0 Å². The number of benzene rings is 1. The van der Waals surface area contributed by atoms with Gasteiger partial charge in [0, 0.05) is 5.56 Å². The predicted molar refractivity (Wildman–Crippen MR) is 81.0 cm³/mol. The van der Waals surface area contributed by atoms with Crippen molar-refractivity contribution in [1.82, 2.24) is 0 Å². The zero-order chi connectivity index (χ0) is 14.3. The van der Waals surface area contributed by atoms with E-state index >= 15 is 0 Å². The highest BCUT2D eigenvalue weighted by Crippen LogP contribution is 2.37. The van der Waals surface area contributed by atoms with Gasteiger partial charge in [0.1, 0.15) is 0 Å².